The van der Waals surface area contributed by atoms with E-state index in [1.165, 1.54) is 29.2 Å². The number of nitro benzene ring substituents is 1. The van der Waals surface area contributed by atoms with Crippen LogP contribution in [0.3, 0.4) is 0 Å². The fourth-order valence-electron chi connectivity index (χ4n) is 3.67. The normalized spacial score (nSPS) is 17.6. The van der Waals surface area contributed by atoms with Gasteiger partial charge in [-0.25, -0.2) is 0 Å². The molecule has 3 rings (SSSR count). The Morgan fingerprint density at radius 2 is 1.74 bits per heavy atom. The summed E-state index contributed by atoms with van der Waals surface area (Å²) < 4.78 is 5.67. The van der Waals surface area contributed by atoms with Gasteiger partial charge in [0, 0.05) is 30.8 Å². The number of hydrogen-bond acceptors (Lipinski definition) is 7. The van der Waals surface area contributed by atoms with Crippen LogP contribution in [0, 0.1) is 16.0 Å². The highest BCUT2D eigenvalue weighted by Gasteiger charge is 2.46. The smallest absolute Gasteiger partial charge is 0.295 e. The van der Waals surface area contributed by atoms with Crippen molar-refractivity contribution in [3.05, 3.63) is 75.3 Å². The number of nitrogens with zero attached hydrogens (tertiary/aromatic N) is 3. The van der Waals surface area contributed by atoms with Crippen LogP contribution in [0.25, 0.3) is 5.76 Å². The standard InChI is InChI=1S/C25H29N3O6/c1-16(2)15-34-20-11-7-18(8-12-20)23(29)21-22(17-5-9-19(10-6-17)28(32)33)27(14-13-26(3)4)25(31)24(21)30/h5-12,16,22,29H,13-15H2,1-4H3/b23-21+/t22-/m1/s1. The van der Waals surface area contributed by atoms with E-state index in [1.54, 1.807) is 24.3 Å². The highest BCUT2D eigenvalue weighted by atomic mass is 16.6. The minimum atomic E-state index is -0.863. The molecule has 1 amide bonds. The number of nitro groups is 1. The van der Waals surface area contributed by atoms with Gasteiger partial charge in [0.1, 0.15) is 11.5 Å². The van der Waals surface area contributed by atoms with E-state index in [0.29, 0.717) is 35.9 Å². The molecule has 0 bridgehead atoms. The number of aliphatic hydroxyl groups excluding tert-OH is 1. The molecule has 1 atom stereocenters. The lowest BCUT2D eigenvalue weighted by Gasteiger charge is -2.26. The van der Waals surface area contributed by atoms with Gasteiger partial charge in [0.05, 0.1) is 23.1 Å². The predicted octanol–water partition coefficient (Wildman–Crippen LogP) is 3.61. The van der Waals surface area contributed by atoms with Crippen LogP contribution in [-0.4, -0.2) is 65.3 Å². The molecular weight excluding hydrogens is 438 g/mol. The zero-order chi connectivity index (χ0) is 25.0. The first kappa shape index (κ1) is 24.9. The summed E-state index contributed by atoms with van der Waals surface area (Å²) in [7, 11) is 3.70. The van der Waals surface area contributed by atoms with Crippen molar-refractivity contribution < 1.29 is 24.4 Å². The lowest BCUT2D eigenvalue weighted by atomic mass is 9.95. The van der Waals surface area contributed by atoms with Crippen LogP contribution in [0.1, 0.15) is 31.0 Å². The van der Waals surface area contributed by atoms with Gasteiger partial charge in [-0.1, -0.05) is 13.8 Å². The Morgan fingerprint density at radius 1 is 1.12 bits per heavy atom. The number of carbonyl (C=O) groups is 2. The summed E-state index contributed by atoms with van der Waals surface area (Å²) in [6, 6.07) is 11.4. The average Bonchev–Trinajstić information content (AvgIpc) is 3.06. The Morgan fingerprint density at radius 3 is 2.26 bits per heavy atom. The Labute approximate surface area is 198 Å². The summed E-state index contributed by atoms with van der Waals surface area (Å²) in [6.45, 7) is 5.36. The lowest BCUT2D eigenvalue weighted by Crippen LogP contribution is -2.35. The summed E-state index contributed by atoms with van der Waals surface area (Å²) in [5, 5.41) is 22.2. The molecule has 1 aliphatic rings. The molecule has 9 heteroatoms. The van der Waals surface area contributed by atoms with Gasteiger partial charge in [0.15, 0.2) is 0 Å². The molecule has 180 valence electrons. The molecule has 9 nitrogen and oxygen atoms in total. The molecule has 34 heavy (non-hydrogen) atoms. The minimum absolute atomic E-state index is 0.0477. The first-order valence-corrected chi connectivity index (χ1v) is 11.0. The van der Waals surface area contributed by atoms with Crippen molar-refractivity contribution in [1.82, 2.24) is 9.80 Å². The van der Waals surface area contributed by atoms with Crippen molar-refractivity contribution in [2.45, 2.75) is 19.9 Å². The van der Waals surface area contributed by atoms with Crippen molar-refractivity contribution >= 4 is 23.1 Å². The van der Waals surface area contributed by atoms with E-state index in [2.05, 4.69) is 0 Å². The number of benzene rings is 2. The molecule has 0 aliphatic carbocycles. The molecule has 1 fully saturated rings. The second kappa shape index (κ2) is 10.5. The third kappa shape index (κ3) is 5.43. The zero-order valence-corrected chi connectivity index (χ0v) is 19.7. The van der Waals surface area contributed by atoms with Crippen LogP contribution in [0.2, 0.25) is 0 Å². The predicted molar refractivity (Wildman–Crippen MR) is 127 cm³/mol. The van der Waals surface area contributed by atoms with Gasteiger partial charge in [-0.2, -0.15) is 0 Å². The number of ether oxygens (including phenoxy) is 1. The van der Waals surface area contributed by atoms with E-state index in [9.17, 15) is 24.8 Å². The van der Waals surface area contributed by atoms with E-state index in [-0.39, 0.29) is 23.6 Å². The van der Waals surface area contributed by atoms with Crippen molar-refractivity contribution in [2.24, 2.45) is 5.92 Å². The maximum Gasteiger partial charge on any atom is 0.295 e. The van der Waals surface area contributed by atoms with Gasteiger partial charge >= 0.3 is 0 Å². The number of Topliss-reactive ketones (excluding diaryl/α,β-unsaturated/α-hetero) is 1. The second-order valence-electron chi connectivity index (χ2n) is 8.87. The SMILES string of the molecule is CC(C)COc1ccc(/C(O)=C2\C(=O)C(=O)N(CCN(C)C)[C@@H]2c2ccc([N+](=O)[O-])cc2)cc1. The largest absolute Gasteiger partial charge is 0.507 e. The third-order valence-corrected chi connectivity index (χ3v) is 5.46. The van der Waals surface area contributed by atoms with Gasteiger partial charge in [-0.05, 0) is 62.0 Å². The zero-order valence-electron chi connectivity index (χ0n) is 19.7. The van der Waals surface area contributed by atoms with Gasteiger partial charge in [0.25, 0.3) is 17.4 Å². The quantitative estimate of drug-likeness (QED) is 0.197. The van der Waals surface area contributed by atoms with Crippen LogP contribution in [0.5, 0.6) is 5.75 Å². The monoisotopic (exact) mass is 467 g/mol. The average molecular weight is 468 g/mol. The maximum absolute atomic E-state index is 13.0. The maximum atomic E-state index is 13.0. The number of aliphatic hydroxyl groups is 1. The number of carbonyl (C=O) groups excluding carboxylic acids is 2. The van der Waals surface area contributed by atoms with Gasteiger partial charge in [-0.15, -0.1) is 0 Å². The lowest BCUT2D eigenvalue weighted by molar-refractivity contribution is -0.384. The van der Waals surface area contributed by atoms with Crippen LogP contribution >= 0.6 is 0 Å². The fraction of sp³-hybridized carbons (Fsp3) is 0.360. The molecule has 1 N–H and O–H groups in total. The molecular formula is C25H29N3O6. The summed E-state index contributed by atoms with van der Waals surface area (Å²) >= 11 is 0. The molecule has 2 aromatic carbocycles. The van der Waals surface area contributed by atoms with Crippen LogP contribution in [0.15, 0.2) is 54.1 Å². The number of rotatable bonds is 9. The number of likely N-dealkylation sites (tertiary alicyclic amines) is 1. The summed E-state index contributed by atoms with van der Waals surface area (Å²) in [5.74, 6) is -0.829. The molecule has 1 heterocycles. The summed E-state index contributed by atoms with van der Waals surface area (Å²) in [4.78, 5) is 39.8. The number of non-ortho nitro benzene ring substituents is 1. The van der Waals surface area contributed by atoms with Crippen molar-refractivity contribution in [3.8, 4) is 5.75 Å². The van der Waals surface area contributed by atoms with Crippen molar-refractivity contribution in [1.29, 1.82) is 0 Å². The third-order valence-electron chi connectivity index (χ3n) is 5.46. The Bertz CT molecular complexity index is 1090. The highest BCUT2D eigenvalue weighted by molar-refractivity contribution is 6.46. The second-order valence-corrected chi connectivity index (χ2v) is 8.87. The number of hydrogen-bond donors (Lipinski definition) is 1. The van der Waals surface area contributed by atoms with Crippen LogP contribution < -0.4 is 4.74 Å². The van der Waals surface area contributed by atoms with Gasteiger partial charge in [0.2, 0.25) is 0 Å². The topological polar surface area (TPSA) is 113 Å². The van der Waals surface area contributed by atoms with Crippen molar-refractivity contribution in [3.63, 3.8) is 0 Å². The summed E-state index contributed by atoms with van der Waals surface area (Å²) in [6.07, 6.45) is 0. The number of likely N-dealkylation sites (N-methyl/N-ethyl adjacent to an activating group) is 1. The van der Waals surface area contributed by atoms with Gasteiger partial charge < -0.3 is 19.6 Å². The van der Waals surface area contributed by atoms with Crippen LogP contribution in [-0.2, 0) is 9.59 Å². The molecule has 2 aromatic rings. The molecule has 0 saturated carbocycles. The van der Waals surface area contributed by atoms with E-state index in [0.717, 1.165) is 0 Å². The van der Waals surface area contributed by atoms with E-state index in [1.807, 2.05) is 32.8 Å². The highest BCUT2D eigenvalue weighted by Crippen LogP contribution is 2.39. The molecule has 1 aliphatic heterocycles. The first-order valence-electron chi connectivity index (χ1n) is 11.0. The number of amides is 1. The Hall–Kier alpha value is -3.72. The Kier molecular flexibility index (Phi) is 7.68. The van der Waals surface area contributed by atoms with Crippen molar-refractivity contribution in [2.75, 3.05) is 33.8 Å². The number of ketones is 1. The van der Waals surface area contributed by atoms with E-state index in [4.69, 9.17) is 4.74 Å². The van der Waals surface area contributed by atoms with Gasteiger partial charge in [-0.3, -0.25) is 19.7 Å². The molecule has 1 saturated heterocycles. The Balaban J connectivity index is 2.04. The fourth-order valence-corrected chi connectivity index (χ4v) is 3.67. The van der Waals surface area contributed by atoms with Crippen LogP contribution in [0.4, 0.5) is 5.69 Å². The molecule has 0 unspecified atom stereocenters. The molecule has 0 aromatic heterocycles. The minimum Gasteiger partial charge on any atom is -0.507 e. The van der Waals surface area contributed by atoms with E-state index < -0.39 is 22.7 Å². The first-order chi connectivity index (χ1) is 16.1. The summed E-state index contributed by atoms with van der Waals surface area (Å²) in [5.41, 5.74) is 0.718. The molecule has 0 spiro atoms. The van der Waals surface area contributed by atoms with E-state index >= 15 is 0 Å². The molecule has 0 radical (unpaired) electrons.